The minimum atomic E-state index is -0.354. The number of nitrogens with one attached hydrogen (secondary N) is 1. The summed E-state index contributed by atoms with van der Waals surface area (Å²) in [4.78, 5) is 12.3. The quantitative estimate of drug-likeness (QED) is 0.684. The number of amides is 1. The van der Waals surface area contributed by atoms with Gasteiger partial charge in [0.25, 0.3) is 0 Å². The van der Waals surface area contributed by atoms with Crippen molar-refractivity contribution in [3.05, 3.63) is 54.0 Å². The van der Waals surface area contributed by atoms with E-state index in [2.05, 4.69) is 15.5 Å². The van der Waals surface area contributed by atoms with Gasteiger partial charge in [0.05, 0.1) is 11.5 Å². The Morgan fingerprint density at radius 1 is 1.32 bits per heavy atom. The molecule has 0 saturated carbocycles. The number of thioether (sulfide) groups is 1. The molecule has 0 radical (unpaired) electrons. The fourth-order valence-corrected chi connectivity index (χ4v) is 3.02. The van der Waals surface area contributed by atoms with Crippen molar-refractivity contribution < 1.29 is 13.6 Å². The van der Waals surface area contributed by atoms with E-state index in [0.29, 0.717) is 23.3 Å². The normalized spacial score (nSPS) is 12.1. The Balaban J connectivity index is 1.59. The first-order valence-corrected chi connectivity index (χ1v) is 8.54. The van der Waals surface area contributed by atoms with E-state index in [1.165, 1.54) is 23.9 Å². The molecule has 0 aliphatic heterocycles. The SMILES string of the molecule is C[C@H](Sc1nnc(-c2ccco2)n1C)C(=O)NCc1ccc(F)cc1. The summed E-state index contributed by atoms with van der Waals surface area (Å²) in [6, 6.07) is 9.61. The van der Waals surface area contributed by atoms with Gasteiger partial charge < -0.3 is 14.3 Å². The maximum Gasteiger partial charge on any atom is 0.233 e. The fraction of sp³-hybridized carbons (Fsp3) is 0.235. The third-order valence-electron chi connectivity index (χ3n) is 3.61. The van der Waals surface area contributed by atoms with Crippen LogP contribution >= 0.6 is 11.8 Å². The van der Waals surface area contributed by atoms with E-state index < -0.39 is 0 Å². The number of hydrogen-bond donors (Lipinski definition) is 1. The van der Waals surface area contributed by atoms with Gasteiger partial charge >= 0.3 is 0 Å². The van der Waals surface area contributed by atoms with Crippen molar-refractivity contribution in [2.24, 2.45) is 7.05 Å². The largest absolute Gasteiger partial charge is 0.461 e. The first-order chi connectivity index (χ1) is 12.0. The second kappa shape index (κ2) is 7.52. The van der Waals surface area contributed by atoms with Gasteiger partial charge in [-0.05, 0) is 36.8 Å². The van der Waals surface area contributed by atoms with Gasteiger partial charge in [0.2, 0.25) is 5.91 Å². The standard InChI is InChI=1S/C17H17FN4O2S/c1-11(16(23)19-10-12-5-7-13(18)8-6-12)25-17-21-20-15(22(17)2)14-4-3-9-24-14/h3-9,11H,10H2,1-2H3,(H,19,23)/t11-/m0/s1. The van der Waals surface area contributed by atoms with E-state index >= 15 is 0 Å². The summed E-state index contributed by atoms with van der Waals surface area (Å²) in [6.45, 7) is 2.15. The monoisotopic (exact) mass is 360 g/mol. The van der Waals surface area contributed by atoms with Crippen LogP contribution in [-0.2, 0) is 18.4 Å². The van der Waals surface area contributed by atoms with Gasteiger partial charge in [-0.3, -0.25) is 4.79 Å². The highest BCUT2D eigenvalue weighted by Gasteiger charge is 2.20. The molecule has 0 saturated heterocycles. The molecule has 0 bridgehead atoms. The lowest BCUT2D eigenvalue weighted by atomic mass is 10.2. The van der Waals surface area contributed by atoms with Crippen LogP contribution < -0.4 is 5.32 Å². The topological polar surface area (TPSA) is 73.0 Å². The lowest BCUT2D eigenvalue weighted by molar-refractivity contribution is -0.120. The van der Waals surface area contributed by atoms with Gasteiger partial charge in [-0.25, -0.2) is 4.39 Å². The second-order valence-electron chi connectivity index (χ2n) is 5.45. The Bertz CT molecular complexity index is 846. The van der Waals surface area contributed by atoms with Crippen molar-refractivity contribution in [1.82, 2.24) is 20.1 Å². The molecule has 1 N–H and O–H groups in total. The van der Waals surface area contributed by atoms with Crippen molar-refractivity contribution in [2.45, 2.75) is 23.9 Å². The van der Waals surface area contributed by atoms with Gasteiger partial charge in [-0.2, -0.15) is 0 Å². The predicted octanol–water partition coefficient (Wildman–Crippen LogP) is 3.01. The molecule has 0 unspecified atom stereocenters. The Morgan fingerprint density at radius 3 is 2.76 bits per heavy atom. The molecule has 2 aromatic heterocycles. The highest BCUT2D eigenvalue weighted by Crippen LogP contribution is 2.25. The zero-order valence-corrected chi connectivity index (χ0v) is 14.6. The van der Waals surface area contributed by atoms with Crippen molar-refractivity contribution in [1.29, 1.82) is 0 Å². The van der Waals surface area contributed by atoms with Crippen LogP contribution in [0.1, 0.15) is 12.5 Å². The molecule has 0 aliphatic rings. The summed E-state index contributed by atoms with van der Waals surface area (Å²) in [7, 11) is 1.82. The summed E-state index contributed by atoms with van der Waals surface area (Å²) >= 11 is 1.31. The van der Waals surface area contributed by atoms with Crippen LogP contribution in [0.4, 0.5) is 4.39 Å². The number of carbonyl (C=O) groups excluding carboxylic acids is 1. The van der Waals surface area contributed by atoms with Crippen molar-refractivity contribution >= 4 is 17.7 Å². The van der Waals surface area contributed by atoms with Crippen molar-refractivity contribution in [2.75, 3.05) is 0 Å². The molecule has 8 heteroatoms. The molecule has 0 aliphatic carbocycles. The van der Waals surface area contributed by atoms with Crippen LogP contribution in [0.15, 0.2) is 52.2 Å². The third kappa shape index (κ3) is 4.08. The zero-order valence-electron chi connectivity index (χ0n) is 13.8. The number of nitrogens with zero attached hydrogens (tertiary/aromatic N) is 3. The number of rotatable bonds is 6. The van der Waals surface area contributed by atoms with E-state index in [0.717, 1.165) is 5.56 Å². The van der Waals surface area contributed by atoms with Crippen LogP contribution in [0.25, 0.3) is 11.6 Å². The molecule has 0 spiro atoms. The van der Waals surface area contributed by atoms with Crippen LogP contribution in [0.5, 0.6) is 0 Å². The Morgan fingerprint density at radius 2 is 2.08 bits per heavy atom. The third-order valence-corrected chi connectivity index (χ3v) is 4.74. The first-order valence-electron chi connectivity index (χ1n) is 7.66. The minimum absolute atomic E-state index is 0.128. The van der Waals surface area contributed by atoms with Crippen LogP contribution in [-0.4, -0.2) is 25.9 Å². The number of halogens is 1. The molecule has 1 atom stereocenters. The molecule has 1 aromatic carbocycles. The van der Waals surface area contributed by atoms with E-state index in [-0.39, 0.29) is 17.0 Å². The molecule has 0 fully saturated rings. The molecule has 2 heterocycles. The van der Waals surface area contributed by atoms with Gasteiger partial charge in [-0.15, -0.1) is 10.2 Å². The average Bonchev–Trinajstić information content (AvgIpc) is 3.24. The predicted molar refractivity (Wildman–Crippen MR) is 92.3 cm³/mol. The van der Waals surface area contributed by atoms with E-state index in [4.69, 9.17) is 4.42 Å². The summed E-state index contributed by atoms with van der Waals surface area (Å²) in [5.74, 6) is 0.798. The Hall–Kier alpha value is -2.61. The maximum atomic E-state index is 12.9. The summed E-state index contributed by atoms with van der Waals surface area (Å²) in [6.07, 6.45) is 1.57. The van der Waals surface area contributed by atoms with Crippen LogP contribution in [0.2, 0.25) is 0 Å². The second-order valence-corrected chi connectivity index (χ2v) is 6.75. The highest BCUT2D eigenvalue weighted by atomic mass is 32.2. The molecular weight excluding hydrogens is 343 g/mol. The molecular formula is C17H17FN4O2S. The van der Waals surface area contributed by atoms with E-state index in [1.807, 2.05) is 7.05 Å². The van der Waals surface area contributed by atoms with Crippen LogP contribution in [0.3, 0.4) is 0 Å². The lowest BCUT2D eigenvalue weighted by Crippen LogP contribution is -2.30. The number of furan rings is 1. The van der Waals surface area contributed by atoms with Crippen molar-refractivity contribution in [3.63, 3.8) is 0 Å². The molecule has 3 rings (SSSR count). The number of benzene rings is 1. The van der Waals surface area contributed by atoms with Gasteiger partial charge in [0.1, 0.15) is 5.82 Å². The molecule has 1 amide bonds. The first kappa shape index (κ1) is 17.2. The summed E-state index contributed by atoms with van der Waals surface area (Å²) in [5.41, 5.74) is 0.839. The molecule has 130 valence electrons. The Labute approximate surface area is 148 Å². The smallest absolute Gasteiger partial charge is 0.233 e. The van der Waals surface area contributed by atoms with Gasteiger partial charge in [0, 0.05) is 13.6 Å². The highest BCUT2D eigenvalue weighted by molar-refractivity contribution is 8.00. The summed E-state index contributed by atoms with van der Waals surface area (Å²) < 4.78 is 20.0. The maximum absolute atomic E-state index is 12.9. The number of carbonyl (C=O) groups is 1. The molecule has 6 nitrogen and oxygen atoms in total. The van der Waals surface area contributed by atoms with E-state index in [1.54, 1.807) is 42.0 Å². The minimum Gasteiger partial charge on any atom is -0.461 e. The zero-order chi connectivity index (χ0) is 17.8. The van der Waals surface area contributed by atoms with Crippen LogP contribution in [0, 0.1) is 5.82 Å². The fourth-order valence-electron chi connectivity index (χ4n) is 2.18. The molecule has 25 heavy (non-hydrogen) atoms. The number of aromatic nitrogens is 3. The lowest BCUT2D eigenvalue weighted by Gasteiger charge is -2.11. The Kier molecular flexibility index (Phi) is 5.18. The molecule has 3 aromatic rings. The van der Waals surface area contributed by atoms with E-state index in [9.17, 15) is 9.18 Å². The average molecular weight is 360 g/mol. The summed E-state index contributed by atoms with van der Waals surface area (Å²) in [5, 5.41) is 11.3. The van der Waals surface area contributed by atoms with Gasteiger partial charge in [0.15, 0.2) is 16.7 Å². The number of hydrogen-bond acceptors (Lipinski definition) is 5. The van der Waals surface area contributed by atoms with Gasteiger partial charge in [-0.1, -0.05) is 23.9 Å². The van der Waals surface area contributed by atoms with Crippen molar-refractivity contribution in [3.8, 4) is 11.6 Å².